The molecule has 1 saturated heterocycles. The molecule has 156 valence electrons. The fourth-order valence-electron chi connectivity index (χ4n) is 3.56. The first kappa shape index (κ1) is 19.7. The van der Waals surface area contributed by atoms with Crippen molar-refractivity contribution in [3.05, 3.63) is 63.7 Å². The van der Waals surface area contributed by atoms with Gasteiger partial charge in [0.25, 0.3) is 11.6 Å². The van der Waals surface area contributed by atoms with Crippen molar-refractivity contribution in [1.29, 1.82) is 0 Å². The van der Waals surface area contributed by atoms with E-state index in [0.29, 0.717) is 18.7 Å². The highest BCUT2D eigenvalue weighted by Crippen LogP contribution is 2.37. The van der Waals surface area contributed by atoms with E-state index < -0.39 is 22.7 Å². The minimum atomic E-state index is -1.19. The van der Waals surface area contributed by atoms with Crippen LogP contribution in [-0.2, 0) is 9.53 Å². The molecule has 2 aliphatic rings. The zero-order valence-electron chi connectivity index (χ0n) is 16.1. The summed E-state index contributed by atoms with van der Waals surface area (Å²) in [6.07, 6.45) is 0.577. The second-order valence-electron chi connectivity index (χ2n) is 7.00. The maximum Gasteiger partial charge on any atom is 0.346 e. The Hall–Kier alpha value is -3.62. The van der Waals surface area contributed by atoms with Crippen LogP contribution in [0.3, 0.4) is 0 Å². The number of nitro benzene ring substituents is 1. The Morgan fingerprint density at radius 1 is 1.03 bits per heavy atom. The third-order valence-corrected chi connectivity index (χ3v) is 5.05. The lowest BCUT2D eigenvalue weighted by Gasteiger charge is -2.24. The topological polar surface area (TPSA) is 108 Å². The van der Waals surface area contributed by atoms with E-state index in [1.165, 1.54) is 6.07 Å². The maximum absolute atomic E-state index is 13.0. The second-order valence-corrected chi connectivity index (χ2v) is 7.00. The molecular formula is C21H20N2O7. The van der Waals surface area contributed by atoms with Crippen molar-refractivity contribution in [3.63, 3.8) is 0 Å². The van der Waals surface area contributed by atoms with Crippen LogP contribution >= 0.6 is 0 Å². The average molecular weight is 412 g/mol. The quantitative estimate of drug-likeness (QED) is 0.422. The molecule has 1 fully saturated rings. The van der Waals surface area contributed by atoms with Crippen molar-refractivity contribution in [2.75, 3.05) is 26.3 Å². The van der Waals surface area contributed by atoms with Crippen LogP contribution in [0, 0.1) is 10.1 Å². The van der Waals surface area contributed by atoms with Crippen molar-refractivity contribution in [3.8, 4) is 11.5 Å². The molecule has 2 aromatic carbocycles. The van der Waals surface area contributed by atoms with Crippen molar-refractivity contribution >= 4 is 17.6 Å². The van der Waals surface area contributed by atoms with Gasteiger partial charge < -0.3 is 19.1 Å². The van der Waals surface area contributed by atoms with E-state index in [4.69, 9.17) is 14.2 Å². The van der Waals surface area contributed by atoms with Gasteiger partial charge in [-0.05, 0) is 12.8 Å². The van der Waals surface area contributed by atoms with Crippen molar-refractivity contribution in [1.82, 2.24) is 4.90 Å². The molecule has 0 N–H and O–H groups in total. The Labute approximate surface area is 172 Å². The maximum atomic E-state index is 13.0. The first-order chi connectivity index (χ1) is 14.5. The highest BCUT2D eigenvalue weighted by atomic mass is 16.6. The van der Waals surface area contributed by atoms with Gasteiger partial charge in [-0.25, -0.2) is 4.79 Å². The lowest BCUT2D eigenvalue weighted by Crippen LogP contribution is -2.35. The molecule has 0 radical (unpaired) electrons. The summed E-state index contributed by atoms with van der Waals surface area (Å²) in [5.41, 5.74) is -0.257. The summed E-state index contributed by atoms with van der Waals surface area (Å²) in [6.45, 7) is 1.70. The number of esters is 1. The Morgan fingerprint density at radius 2 is 1.67 bits per heavy atom. The minimum Gasteiger partial charge on any atom is -0.486 e. The van der Waals surface area contributed by atoms with Crippen LogP contribution in [-0.4, -0.2) is 48.0 Å². The molecule has 0 spiro atoms. The van der Waals surface area contributed by atoms with Gasteiger partial charge in [0.15, 0.2) is 11.5 Å². The summed E-state index contributed by atoms with van der Waals surface area (Å²) in [6, 6.07) is 11.0. The second kappa shape index (κ2) is 8.40. The molecule has 4 rings (SSSR count). The van der Waals surface area contributed by atoms with E-state index >= 15 is 0 Å². The predicted octanol–water partition coefficient (Wildman–Crippen LogP) is 2.89. The van der Waals surface area contributed by atoms with E-state index in [2.05, 4.69) is 0 Å². The summed E-state index contributed by atoms with van der Waals surface area (Å²) in [4.78, 5) is 38.5. The molecule has 1 unspecified atom stereocenters. The Balaban J connectivity index is 1.67. The van der Waals surface area contributed by atoms with E-state index in [1.54, 1.807) is 35.2 Å². The van der Waals surface area contributed by atoms with Gasteiger partial charge in [-0.2, -0.15) is 0 Å². The monoisotopic (exact) mass is 412 g/mol. The number of hydrogen-bond acceptors (Lipinski definition) is 7. The number of nitrogens with zero attached hydrogens (tertiary/aromatic N) is 2. The van der Waals surface area contributed by atoms with Crippen LogP contribution in [0.25, 0.3) is 0 Å². The molecule has 0 saturated carbocycles. The molecule has 9 heteroatoms. The highest BCUT2D eigenvalue weighted by molar-refractivity contribution is 5.97. The highest BCUT2D eigenvalue weighted by Gasteiger charge is 2.34. The first-order valence-corrected chi connectivity index (χ1v) is 9.67. The molecule has 2 aromatic rings. The number of benzene rings is 2. The zero-order chi connectivity index (χ0) is 21.1. The van der Waals surface area contributed by atoms with Gasteiger partial charge >= 0.3 is 5.97 Å². The van der Waals surface area contributed by atoms with Crippen LogP contribution < -0.4 is 9.47 Å². The summed E-state index contributed by atoms with van der Waals surface area (Å²) in [7, 11) is 0. The van der Waals surface area contributed by atoms with E-state index in [9.17, 15) is 19.7 Å². The molecular weight excluding hydrogens is 392 g/mol. The number of carbonyl (C=O) groups excluding carboxylic acids is 2. The van der Waals surface area contributed by atoms with E-state index in [1.807, 2.05) is 0 Å². The van der Waals surface area contributed by atoms with Crippen LogP contribution in [0.1, 0.15) is 34.9 Å². The van der Waals surface area contributed by atoms with E-state index in [0.717, 1.165) is 18.9 Å². The molecule has 1 amide bonds. The Kier molecular flexibility index (Phi) is 5.51. The number of ether oxygens (including phenoxy) is 3. The Morgan fingerprint density at radius 3 is 2.30 bits per heavy atom. The third kappa shape index (κ3) is 3.91. The largest absolute Gasteiger partial charge is 0.486 e. The predicted molar refractivity (Wildman–Crippen MR) is 104 cm³/mol. The van der Waals surface area contributed by atoms with Gasteiger partial charge in [-0.3, -0.25) is 14.9 Å². The lowest BCUT2D eigenvalue weighted by atomic mass is 10.1. The molecule has 0 aromatic heterocycles. The molecule has 1 atom stereocenters. The van der Waals surface area contributed by atoms with Crippen molar-refractivity contribution in [2.24, 2.45) is 0 Å². The lowest BCUT2D eigenvalue weighted by molar-refractivity contribution is -0.385. The number of carbonyl (C=O) groups is 2. The summed E-state index contributed by atoms with van der Waals surface area (Å²) < 4.78 is 16.3. The third-order valence-electron chi connectivity index (χ3n) is 5.05. The number of nitro groups is 1. The van der Waals surface area contributed by atoms with Gasteiger partial charge in [-0.1, -0.05) is 30.3 Å². The standard InChI is InChI=1S/C21H20N2O7/c24-20(22-8-4-5-9-22)19(14-6-2-1-3-7-14)30-21(25)15-12-17-18(29-11-10-28-17)13-16(15)23(26)27/h1-3,6-7,12-13,19H,4-5,8-11H2. The first-order valence-electron chi connectivity index (χ1n) is 9.67. The molecule has 30 heavy (non-hydrogen) atoms. The van der Waals surface area contributed by atoms with E-state index in [-0.39, 0.29) is 36.2 Å². The summed E-state index contributed by atoms with van der Waals surface area (Å²) in [5.74, 6) is -0.898. The number of hydrogen-bond donors (Lipinski definition) is 0. The van der Waals surface area contributed by atoms with Gasteiger partial charge in [0.2, 0.25) is 6.10 Å². The summed E-state index contributed by atoms with van der Waals surface area (Å²) in [5, 5.41) is 11.5. The number of rotatable bonds is 5. The number of amides is 1. The normalized spacial score (nSPS) is 16.1. The minimum absolute atomic E-state index is 0.192. The van der Waals surface area contributed by atoms with Crippen LogP contribution in [0.15, 0.2) is 42.5 Å². The van der Waals surface area contributed by atoms with Crippen molar-refractivity contribution < 1.29 is 28.7 Å². The van der Waals surface area contributed by atoms with Crippen molar-refractivity contribution in [2.45, 2.75) is 18.9 Å². The van der Waals surface area contributed by atoms with Gasteiger partial charge in [0.05, 0.1) is 11.0 Å². The molecule has 2 heterocycles. The molecule has 2 aliphatic heterocycles. The van der Waals surface area contributed by atoms with Crippen LogP contribution in [0.5, 0.6) is 11.5 Å². The number of likely N-dealkylation sites (tertiary alicyclic amines) is 1. The van der Waals surface area contributed by atoms with Gasteiger partial charge in [0.1, 0.15) is 18.8 Å². The molecule has 0 aliphatic carbocycles. The van der Waals surface area contributed by atoms with Crippen LogP contribution in [0.2, 0.25) is 0 Å². The average Bonchev–Trinajstić information content (AvgIpc) is 3.31. The van der Waals surface area contributed by atoms with Gasteiger partial charge in [0, 0.05) is 24.7 Å². The number of fused-ring (bicyclic) bond motifs is 1. The van der Waals surface area contributed by atoms with Crippen LogP contribution in [0.4, 0.5) is 5.69 Å². The smallest absolute Gasteiger partial charge is 0.346 e. The zero-order valence-corrected chi connectivity index (χ0v) is 16.1. The molecule has 0 bridgehead atoms. The molecule has 9 nitrogen and oxygen atoms in total. The fourth-order valence-corrected chi connectivity index (χ4v) is 3.56. The SMILES string of the molecule is O=C(OC(C(=O)N1CCCC1)c1ccccc1)c1cc2c(cc1[N+](=O)[O-])OCCO2. The Bertz CT molecular complexity index is 971. The summed E-state index contributed by atoms with van der Waals surface area (Å²) >= 11 is 0. The van der Waals surface area contributed by atoms with Gasteiger partial charge in [-0.15, -0.1) is 0 Å². The fraction of sp³-hybridized carbons (Fsp3) is 0.333.